The van der Waals surface area contributed by atoms with Crippen molar-refractivity contribution in [2.75, 3.05) is 0 Å². The first kappa shape index (κ1) is 17.8. The Morgan fingerprint density at radius 3 is 2.54 bits per heavy atom. The lowest BCUT2D eigenvalue weighted by Crippen LogP contribution is -2.03. The van der Waals surface area contributed by atoms with Crippen LogP contribution < -0.4 is 0 Å². The molecule has 0 aliphatic rings. The zero-order valence-corrected chi connectivity index (χ0v) is 14.1. The highest BCUT2D eigenvalue weighted by atomic mass is 35.5. The molecule has 8 heteroatoms. The molecule has 0 aliphatic carbocycles. The summed E-state index contributed by atoms with van der Waals surface area (Å²) in [5.41, 5.74) is 0. The molecule has 1 aromatic carbocycles. The first-order chi connectivity index (χ1) is 11.3. The zero-order valence-electron chi connectivity index (χ0n) is 12.5. The van der Waals surface area contributed by atoms with E-state index >= 15 is 0 Å². The Kier molecular flexibility index (Phi) is 5.44. The minimum Gasteiger partial charge on any atom is -0.458 e. The molecule has 0 unspecified atom stereocenters. The molecule has 0 aliphatic heterocycles. The lowest BCUT2D eigenvalue weighted by molar-refractivity contribution is -0.142. The lowest BCUT2D eigenvalue weighted by Gasteiger charge is -2.02. The number of esters is 1. The Hall–Kier alpha value is -2.56. The van der Waals surface area contributed by atoms with Crippen LogP contribution in [0.2, 0.25) is 5.02 Å². The smallest absolute Gasteiger partial charge is 0.303 e. The highest BCUT2D eigenvalue weighted by Gasteiger charge is 2.21. The van der Waals surface area contributed by atoms with E-state index in [1.165, 1.54) is 43.3 Å². The third-order valence-corrected chi connectivity index (χ3v) is 4.83. The molecule has 0 fully saturated rings. The van der Waals surface area contributed by atoms with Gasteiger partial charge in [0.2, 0.25) is 9.84 Å². The van der Waals surface area contributed by atoms with Crippen LogP contribution in [-0.2, 0) is 26.0 Å². The fraction of sp³-hybridized carbons (Fsp3) is 0.125. The van der Waals surface area contributed by atoms with E-state index in [-0.39, 0.29) is 17.3 Å². The minimum absolute atomic E-state index is 0.0496. The van der Waals surface area contributed by atoms with Gasteiger partial charge < -0.3 is 9.15 Å². The monoisotopic (exact) mass is 365 g/mol. The van der Waals surface area contributed by atoms with Gasteiger partial charge in [-0.15, -0.1) is 0 Å². The van der Waals surface area contributed by atoms with Crippen molar-refractivity contribution in [3.05, 3.63) is 57.8 Å². The molecule has 0 saturated carbocycles. The van der Waals surface area contributed by atoms with Gasteiger partial charge in [-0.05, 0) is 36.4 Å². The summed E-state index contributed by atoms with van der Waals surface area (Å²) in [5.74, 6) is 0.0235. The molecule has 1 aromatic heterocycles. The van der Waals surface area contributed by atoms with Crippen molar-refractivity contribution in [1.82, 2.24) is 0 Å². The third kappa shape index (κ3) is 4.25. The van der Waals surface area contributed by atoms with Crippen molar-refractivity contribution in [1.29, 1.82) is 5.26 Å². The number of allylic oxidation sites excluding steroid dienone is 1. The molecule has 0 spiro atoms. The number of nitriles is 1. The van der Waals surface area contributed by atoms with Gasteiger partial charge in [-0.25, -0.2) is 8.42 Å². The Bertz CT molecular complexity index is 920. The predicted molar refractivity (Wildman–Crippen MR) is 86.4 cm³/mol. The topological polar surface area (TPSA) is 97.4 Å². The van der Waals surface area contributed by atoms with Crippen molar-refractivity contribution in [3.63, 3.8) is 0 Å². The number of rotatable bonds is 5. The van der Waals surface area contributed by atoms with Gasteiger partial charge in [0.25, 0.3) is 0 Å². The molecule has 124 valence electrons. The standard InChI is InChI=1S/C16H12ClNO5S/c1-11(19)22-10-14-5-4-13(23-14)8-16(9-18)24(20,21)15-6-2-12(17)3-7-15/h2-8H,10H2,1H3. The average molecular weight is 366 g/mol. The van der Waals surface area contributed by atoms with E-state index in [1.54, 1.807) is 6.07 Å². The van der Waals surface area contributed by atoms with E-state index in [2.05, 4.69) is 0 Å². The van der Waals surface area contributed by atoms with Crippen molar-refractivity contribution >= 4 is 33.5 Å². The van der Waals surface area contributed by atoms with Crippen LogP contribution in [0.25, 0.3) is 6.08 Å². The van der Waals surface area contributed by atoms with Crippen LogP contribution in [0.1, 0.15) is 18.4 Å². The first-order valence-electron chi connectivity index (χ1n) is 6.67. The normalized spacial score (nSPS) is 11.8. The number of nitrogens with zero attached hydrogens (tertiary/aromatic N) is 1. The summed E-state index contributed by atoms with van der Waals surface area (Å²) in [6.45, 7) is 1.19. The Balaban J connectivity index is 2.30. The molecular formula is C16H12ClNO5S. The number of furan rings is 1. The number of carbonyl (C=O) groups excluding carboxylic acids is 1. The number of sulfone groups is 1. The Labute approximate surface area is 143 Å². The van der Waals surface area contributed by atoms with Gasteiger partial charge in [-0.2, -0.15) is 5.26 Å². The second-order valence-electron chi connectivity index (χ2n) is 4.66. The first-order valence-corrected chi connectivity index (χ1v) is 8.53. The second-order valence-corrected chi connectivity index (χ2v) is 7.02. The second kappa shape index (κ2) is 7.34. The number of halogens is 1. The molecule has 0 atom stereocenters. The quantitative estimate of drug-likeness (QED) is 0.595. The number of carbonyl (C=O) groups is 1. The van der Waals surface area contributed by atoms with E-state index < -0.39 is 20.7 Å². The molecule has 6 nitrogen and oxygen atoms in total. The average Bonchev–Trinajstić information content (AvgIpc) is 2.98. The fourth-order valence-corrected chi connectivity index (χ4v) is 3.03. The van der Waals surface area contributed by atoms with Gasteiger partial charge in [0, 0.05) is 18.0 Å². The summed E-state index contributed by atoms with van der Waals surface area (Å²) in [6.07, 6.45) is 1.11. The summed E-state index contributed by atoms with van der Waals surface area (Å²) in [7, 11) is -3.99. The molecule has 2 rings (SSSR count). The van der Waals surface area contributed by atoms with E-state index in [9.17, 15) is 18.5 Å². The molecule has 0 saturated heterocycles. The number of ether oxygens (including phenoxy) is 1. The molecular weight excluding hydrogens is 354 g/mol. The number of hydrogen-bond acceptors (Lipinski definition) is 6. The van der Waals surface area contributed by atoms with Crippen LogP contribution in [0.15, 0.2) is 50.6 Å². The van der Waals surface area contributed by atoms with Gasteiger partial charge in [0.15, 0.2) is 4.91 Å². The van der Waals surface area contributed by atoms with Crippen LogP contribution in [0.4, 0.5) is 0 Å². The molecule has 0 N–H and O–H groups in total. The maximum absolute atomic E-state index is 12.5. The van der Waals surface area contributed by atoms with Crippen molar-refractivity contribution < 1.29 is 22.4 Å². The fourth-order valence-electron chi connectivity index (χ4n) is 1.76. The van der Waals surface area contributed by atoms with Crippen LogP contribution in [0.5, 0.6) is 0 Å². The summed E-state index contributed by atoms with van der Waals surface area (Å²) in [5, 5.41) is 9.57. The molecule has 2 aromatic rings. The summed E-state index contributed by atoms with van der Waals surface area (Å²) in [4.78, 5) is 10.2. The van der Waals surface area contributed by atoms with Crippen LogP contribution in [0.3, 0.4) is 0 Å². The molecule has 24 heavy (non-hydrogen) atoms. The van der Waals surface area contributed by atoms with Gasteiger partial charge in [0.05, 0.1) is 4.90 Å². The Morgan fingerprint density at radius 2 is 1.96 bits per heavy atom. The number of benzene rings is 1. The summed E-state index contributed by atoms with van der Waals surface area (Å²) >= 11 is 5.73. The van der Waals surface area contributed by atoms with Crippen LogP contribution in [-0.4, -0.2) is 14.4 Å². The molecule has 0 bridgehead atoms. The molecule has 0 radical (unpaired) electrons. The zero-order chi connectivity index (χ0) is 17.7. The van der Waals surface area contributed by atoms with Gasteiger partial charge >= 0.3 is 5.97 Å². The SMILES string of the molecule is CC(=O)OCc1ccc(C=C(C#N)S(=O)(=O)c2ccc(Cl)cc2)o1. The lowest BCUT2D eigenvalue weighted by atomic mass is 10.4. The van der Waals surface area contributed by atoms with E-state index in [4.69, 9.17) is 20.8 Å². The van der Waals surface area contributed by atoms with Crippen LogP contribution in [0, 0.1) is 11.3 Å². The van der Waals surface area contributed by atoms with Crippen molar-refractivity contribution in [2.45, 2.75) is 18.4 Å². The highest BCUT2D eigenvalue weighted by molar-refractivity contribution is 7.95. The maximum atomic E-state index is 12.5. The molecule has 0 amide bonds. The minimum atomic E-state index is -3.99. The van der Waals surface area contributed by atoms with E-state index in [0.717, 1.165) is 6.08 Å². The summed E-state index contributed by atoms with van der Waals surface area (Å²) in [6, 6.07) is 10.1. The Morgan fingerprint density at radius 1 is 1.29 bits per heavy atom. The van der Waals surface area contributed by atoms with Gasteiger partial charge in [-0.1, -0.05) is 11.6 Å². The maximum Gasteiger partial charge on any atom is 0.303 e. The highest BCUT2D eigenvalue weighted by Crippen LogP contribution is 2.23. The van der Waals surface area contributed by atoms with Crippen molar-refractivity contribution in [3.8, 4) is 6.07 Å². The predicted octanol–water partition coefficient (Wildman–Crippen LogP) is 3.33. The van der Waals surface area contributed by atoms with E-state index in [0.29, 0.717) is 10.8 Å². The molecule has 1 heterocycles. The number of hydrogen-bond donors (Lipinski definition) is 0. The van der Waals surface area contributed by atoms with Gasteiger partial charge in [0.1, 0.15) is 24.2 Å². The van der Waals surface area contributed by atoms with Crippen molar-refractivity contribution in [2.24, 2.45) is 0 Å². The summed E-state index contributed by atoms with van der Waals surface area (Å²) < 4.78 is 35.0. The van der Waals surface area contributed by atoms with E-state index in [1.807, 2.05) is 0 Å². The third-order valence-electron chi connectivity index (χ3n) is 2.90. The largest absolute Gasteiger partial charge is 0.458 e. The van der Waals surface area contributed by atoms with Crippen LogP contribution >= 0.6 is 11.6 Å². The van der Waals surface area contributed by atoms with Gasteiger partial charge in [-0.3, -0.25) is 4.79 Å².